The maximum atomic E-state index is 13.7. The molecule has 0 unspecified atom stereocenters. The molecular formula is C25H25ClF10N4O7. The molecule has 0 radical (unpaired) electrons. The molecule has 1 amide bonds. The van der Waals surface area contributed by atoms with Gasteiger partial charge < -0.3 is 30.4 Å². The second-order valence-electron chi connectivity index (χ2n) is 8.97. The molecular weight excluding hydrogens is 694 g/mol. The highest BCUT2D eigenvalue weighted by Gasteiger charge is 2.39. The molecule has 264 valence electrons. The molecule has 0 spiro atoms. The summed E-state index contributed by atoms with van der Waals surface area (Å²) in [7, 11) is 2.10. The number of halogens is 11. The molecule has 3 rings (SSSR count). The number of aliphatic carboxylic acids is 3. The average Bonchev–Trinajstić information content (AvgIpc) is 3.15. The van der Waals surface area contributed by atoms with Gasteiger partial charge in [-0.15, -0.1) is 0 Å². The second-order valence-corrected chi connectivity index (χ2v) is 9.38. The number of hydrogen-bond acceptors (Lipinski definition) is 7. The Morgan fingerprint density at radius 1 is 0.787 bits per heavy atom. The summed E-state index contributed by atoms with van der Waals surface area (Å²) in [5.74, 6) is -8.37. The molecule has 1 aliphatic heterocycles. The van der Waals surface area contributed by atoms with Crippen molar-refractivity contribution >= 4 is 46.9 Å². The molecule has 4 N–H and O–H groups in total. The highest BCUT2D eigenvalue weighted by Crippen LogP contribution is 2.22. The fourth-order valence-corrected chi connectivity index (χ4v) is 3.09. The maximum Gasteiger partial charge on any atom is 0.490 e. The number of aryl methyl sites for hydroxylation is 1. The summed E-state index contributed by atoms with van der Waals surface area (Å²) in [6, 6.07) is 8.07. The van der Waals surface area contributed by atoms with Crippen LogP contribution in [-0.4, -0.2) is 101 Å². The number of amides is 1. The van der Waals surface area contributed by atoms with Crippen molar-refractivity contribution in [2.24, 2.45) is 0 Å². The van der Waals surface area contributed by atoms with E-state index in [0.29, 0.717) is 11.3 Å². The standard InChI is InChI=1S/C19H22ClFN4O.3C2HF3O2/c1-13-4-5-14(12-16(13)21)22-19(26)18-15(20)6-7-17(23-18)25-9-3-8-24(2)10-11-25;3*3-2(4,5)1(6)7/h4-7,12H,3,8-11H2,1-2H3,(H,22,26);3*(H,6,7). The average molecular weight is 719 g/mol. The Balaban J connectivity index is 0.000000820. The number of anilines is 2. The highest BCUT2D eigenvalue weighted by atomic mass is 35.5. The number of carboxylic acid groups (broad SMARTS) is 3. The number of rotatable bonds is 3. The zero-order valence-electron chi connectivity index (χ0n) is 23.9. The number of carbonyl (C=O) groups excluding carboxylic acids is 1. The number of benzene rings is 1. The number of aromatic nitrogens is 1. The maximum absolute atomic E-state index is 13.7. The van der Waals surface area contributed by atoms with Crippen LogP contribution in [0.4, 0.5) is 55.4 Å². The van der Waals surface area contributed by atoms with Gasteiger partial charge in [-0.2, -0.15) is 39.5 Å². The van der Waals surface area contributed by atoms with Crippen molar-refractivity contribution in [1.82, 2.24) is 9.88 Å². The van der Waals surface area contributed by atoms with Crippen LogP contribution in [-0.2, 0) is 14.4 Å². The fraction of sp³-hybridized carbons (Fsp3) is 0.400. The molecule has 1 fully saturated rings. The number of nitrogens with zero attached hydrogens (tertiary/aromatic N) is 3. The Labute approximate surface area is 263 Å². The van der Waals surface area contributed by atoms with Crippen molar-refractivity contribution in [1.29, 1.82) is 0 Å². The Kier molecular flexibility index (Phi) is 16.4. The molecule has 2 heterocycles. The Morgan fingerprint density at radius 3 is 1.68 bits per heavy atom. The first kappa shape index (κ1) is 42.6. The Hall–Kier alpha value is -4.40. The Bertz CT molecular complexity index is 1330. The smallest absolute Gasteiger partial charge is 0.475 e. The van der Waals surface area contributed by atoms with E-state index in [0.717, 1.165) is 38.4 Å². The van der Waals surface area contributed by atoms with Crippen molar-refractivity contribution in [3.63, 3.8) is 0 Å². The van der Waals surface area contributed by atoms with E-state index in [1.165, 1.54) is 6.07 Å². The van der Waals surface area contributed by atoms with Gasteiger partial charge in [0, 0.05) is 25.3 Å². The summed E-state index contributed by atoms with van der Waals surface area (Å²) in [5.41, 5.74) is 1.04. The molecule has 1 aromatic carbocycles. The van der Waals surface area contributed by atoms with E-state index < -0.39 is 42.3 Å². The van der Waals surface area contributed by atoms with Gasteiger partial charge in [0.15, 0.2) is 0 Å². The largest absolute Gasteiger partial charge is 0.490 e. The zero-order chi connectivity index (χ0) is 36.9. The number of carboxylic acids is 3. The number of nitrogens with one attached hydrogen (secondary N) is 1. The summed E-state index contributed by atoms with van der Waals surface area (Å²) in [6.07, 6.45) is -14.2. The van der Waals surface area contributed by atoms with Gasteiger partial charge in [-0.1, -0.05) is 17.7 Å². The van der Waals surface area contributed by atoms with Crippen molar-refractivity contribution < 1.29 is 78.4 Å². The third kappa shape index (κ3) is 16.6. The summed E-state index contributed by atoms with van der Waals surface area (Å²) in [5, 5.41) is 24.3. The van der Waals surface area contributed by atoms with Crippen LogP contribution in [0.3, 0.4) is 0 Å². The first-order valence-electron chi connectivity index (χ1n) is 12.3. The van der Waals surface area contributed by atoms with Crippen LogP contribution >= 0.6 is 11.6 Å². The second kappa shape index (κ2) is 18.1. The summed E-state index contributed by atoms with van der Waals surface area (Å²) in [6.45, 7) is 5.37. The lowest BCUT2D eigenvalue weighted by molar-refractivity contribution is -0.193. The van der Waals surface area contributed by atoms with Gasteiger partial charge in [-0.3, -0.25) is 4.79 Å². The summed E-state index contributed by atoms with van der Waals surface area (Å²) >= 11 is 6.18. The number of hydrogen-bond donors (Lipinski definition) is 4. The summed E-state index contributed by atoms with van der Waals surface area (Å²) < 4.78 is 109. The van der Waals surface area contributed by atoms with Gasteiger partial charge in [-0.05, 0) is 56.8 Å². The molecule has 1 saturated heterocycles. The quantitative estimate of drug-likeness (QED) is 0.300. The van der Waals surface area contributed by atoms with Crippen molar-refractivity contribution in [3.8, 4) is 0 Å². The molecule has 0 atom stereocenters. The van der Waals surface area contributed by atoms with Gasteiger partial charge in [0.1, 0.15) is 17.3 Å². The molecule has 1 aliphatic rings. The lowest BCUT2D eigenvalue weighted by Gasteiger charge is -2.22. The summed E-state index contributed by atoms with van der Waals surface area (Å²) in [4.78, 5) is 48.2. The minimum Gasteiger partial charge on any atom is -0.475 e. The van der Waals surface area contributed by atoms with Gasteiger partial charge in [-0.25, -0.2) is 23.8 Å². The van der Waals surface area contributed by atoms with Gasteiger partial charge >= 0.3 is 36.4 Å². The van der Waals surface area contributed by atoms with Gasteiger partial charge in [0.2, 0.25) is 0 Å². The molecule has 11 nitrogen and oxygen atoms in total. The van der Waals surface area contributed by atoms with E-state index in [1.54, 1.807) is 25.1 Å². The van der Waals surface area contributed by atoms with Crippen LogP contribution in [0.15, 0.2) is 30.3 Å². The minimum atomic E-state index is -5.08. The van der Waals surface area contributed by atoms with Crippen LogP contribution < -0.4 is 10.2 Å². The van der Waals surface area contributed by atoms with Gasteiger partial charge in [0.25, 0.3) is 5.91 Å². The van der Waals surface area contributed by atoms with Crippen LogP contribution in [0.1, 0.15) is 22.5 Å². The van der Waals surface area contributed by atoms with Crippen LogP contribution in [0.25, 0.3) is 0 Å². The normalized spacial score (nSPS) is 13.7. The first-order valence-corrected chi connectivity index (χ1v) is 12.7. The first-order chi connectivity index (χ1) is 21.3. The number of pyridine rings is 1. The van der Waals surface area contributed by atoms with E-state index in [4.69, 9.17) is 41.3 Å². The molecule has 0 aliphatic carbocycles. The van der Waals surface area contributed by atoms with E-state index in [-0.39, 0.29) is 16.5 Å². The number of alkyl halides is 9. The lowest BCUT2D eigenvalue weighted by atomic mass is 10.2. The minimum absolute atomic E-state index is 0.141. The number of carbonyl (C=O) groups is 4. The van der Waals surface area contributed by atoms with E-state index in [2.05, 4.69) is 27.1 Å². The predicted molar refractivity (Wildman–Crippen MR) is 144 cm³/mol. The highest BCUT2D eigenvalue weighted by molar-refractivity contribution is 6.34. The molecule has 0 bridgehead atoms. The number of likely N-dealkylation sites (N-methyl/N-ethyl adjacent to an activating group) is 1. The molecule has 47 heavy (non-hydrogen) atoms. The molecule has 1 aromatic heterocycles. The van der Waals surface area contributed by atoms with Crippen LogP contribution in [0.5, 0.6) is 0 Å². The van der Waals surface area contributed by atoms with Crippen molar-refractivity contribution in [2.45, 2.75) is 31.9 Å². The topological polar surface area (TPSA) is 160 Å². The Morgan fingerprint density at radius 2 is 1.26 bits per heavy atom. The van der Waals surface area contributed by atoms with Crippen LogP contribution in [0, 0.1) is 12.7 Å². The lowest BCUT2D eigenvalue weighted by Crippen LogP contribution is -2.30. The SMILES string of the molecule is Cc1ccc(NC(=O)c2nc(N3CCCN(C)CC3)ccc2Cl)cc1F.O=C(O)C(F)(F)F.O=C(O)C(F)(F)F.O=C(O)C(F)(F)F. The third-order valence-electron chi connectivity index (χ3n) is 5.25. The van der Waals surface area contributed by atoms with Crippen LogP contribution in [0.2, 0.25) is 5.02 Å². The molecule has 0 saturated carbocycles. The van der Waals surface area contributed by atoms with Crippen molar-refractivity contribution in [2.75, 3.05) is 43.4 Å². The van der Waals surface area contributed by atoms with E-state index in [9.17, 15) is 48.7 Å². The molecule has 2 aromatic rings. The van der Waals surface area contributed by atoms with Gasteiger partial charge in [0.05, 0.1) is 5.02 Å². The fourth-order valence-electron chi connectivity index (χ4n) is 2.90. The van der Waals surface area contributed by atoms with E-state index in [1.807, 2.05) is 6.07 Å². The monoisotopic (exact) mass is 718 g/mol. The van der Waals surface area contributed by atoms with E-state index >= 15 is 0 Å². The predicted octanol–water partition coefficient (Wildman–Crippen LogP) is 5.48. The van der Waals surface area contributed by atoms with Crippen molar-refractivity contribution in [3.05, 3.63) is 52.4 Å². The zero-order valence-corrected chi connectivity index (χ0v) is 24.7. The molecule has 22 heteroatoms. The third-order valence-corrected chi connectivity index (χ3v) is 5.55.